The van der Waals surface area contributed by atoms with E-state index in [1.807, 2.05) is 0 Å². The number of aliphatic carboxylic acids is 1. The molecule has 106 valence electrons. The van der Waals surface area contributed by atoms with Gasteiger partial charge in [0.25, 0.3) is 0 Å². The molecule has 0 aromatic carbocycles. The van der Waals surface area contributed by atoms with Gasteiger partial charge >= 0.3 is 5.97 Å². The predicted molar refractivity (Wildman–Crippen MR) is 65.5 cm³/mol. The molecule has 2 rings (SSSR count). The molecule has 6 nitrogen and oxygen atoms in total. The number of amides is 1. The standard InChI is InChI=1S/C13H19NO5/c15-10-3-1-2-8(6-10)11(13(17)18)14-12(16)9-4-5-19-7-9/h8-9,11H,1-7H2,(H,14,16)(H,17,18)/t8-,9+,11+/m1/s1. The lowest BCUT2D eigenvalue weighted by molar-refractivity contribution is -0.145. The van der Waals surface area contributed by atoms with Gasteiger partial charge in [-0.2, -0.15) is 0 Å². The summed E-state index contributed by atoms with van der Waals surface area (Å²) in [5.74, 6) is -1.80. The summed E-state index contributed by atoms with van der Waals surface area (Å²) in [6, 6.07) is -0.961. The van der Waals surface area contributed by atoms with Crippen molar-refractivity contribution in [2.24, 2.45) is 11.8 Å². The Balaban J connectivity index is 1.97. The van der Waals surface area contributed by atoms with Crippen LogP contribution in [0, 0.1) is 11.8 Å². The summed E-state index contributed by atoms with van der Waals surface area (Å²) in [4.78, 5) is 34.7. The van der Waals surface area contributed by atoms with Crippen molar-refractivity contribution in [3.8, 4) is 0 Å². The Morgan fingerprint density at radius 2 is 2.16 bits per heavy atom. The van der Waals surface area contributed by atoms with Gasteiger partial charge in [-0.3, -0.25) is 9.59 Å². The second-order valence-corrected chi connectivity index (χ2v) is 5.28. The van der Waals surface area contributed by atoms with Crippen molar-refractivity contribution in [3.05, 3.63) is 0 Å². The van der Waals surface area contributed by atoms with Crippen LogP contribution in [0.2, 0.25) is 0 Å². The number of rotatable bonds is 4. The fraction of sp³-hybridized carbons (Fsp3) is 0.769. The van der Waals surface area contributed by atoms with E-state index in [0.717, 1.165) is 0 Å². The average molecular weight is 269 g/mol. The fourth-order valence-electron chi connectivity index (χ4n) is 2.74. The van der Waals surface area contributed by atoms with Crippen LogP contribution in [0.15, 0.2) is 0 Å². The SMILES string of the molecule is O=C1CCC[C@@H]([C@H](NC(=O)[C@H]2CCOC2)C(=O)O)C1. The van der Waals surface area contributed by atoms with E-state index >= 15 is 0 Å². The first kappa shape index (κ1) is 14.0. The highest BCUT2D eigenvalue weighted by Crippen LogP contribution is 2.25. The van der Waals surface area contributed by atoms with Crippen LogP contribution in [-0.4, -0.2) is 42.0 Å². The quantitative estimate of drug-likeness (QED) is 0.768. The van der Waals surface area contributed by atoms with Crippen molar-refractivity contribution in [2.75, 3.05) is 13.2 Å². The third kappa shape index (κ3) is 3.53. The van der Waals surface area contributed by atoms with Crippen LogP contribution in [0.4, 0.5) is 0 Å². The molecule has 1 heterocycles. The molecule has 1 saturated carbocycles. The third-order valence-corrected chi connectivity index (χ3v) is 3.86. The van der Waals surface area contributed by atoms with Crippen molar-refractivity contribution in [1.29, 1.82) is 0 Å². The van der Waals surface area contributed by atoms with Crippen LogP contribution in [-0.2, 0) is 19.1 Å². The smallest absolute Gasteiger partial charge is 0.326 e. The highest BCUT2D eigenvalue weighted by atomic mass is 16.5. The summed E-state index contributed by atoms with van der Waals surface area (Å²) in [6.45, 7) is 0.888. The molecule has 3 atom stereocenters. The average Bonchev–Trinajstić information content (AvgIpc) is 2.89. The Labute approximate surface area is 111 Å². The second kappa shape index (κ2) is 6.14. The van der Waals surface area contributed by atoms with Crippen molar-refractivity contribution >= 4 is 17.7 Å². The molecule has 6 heteroatoms. The van der Waals surface area contributed by atoms with E-state index in [2.05, 4.69) is 5.32 Å². The van der Waals surface area contributed by atoms with E-state index in [-0.39, 0.29) is 29.9 Å². The molecule has 1 amide bonds. The van der Waals surface area contributed by atoms with E-state index in [4.69, 9.17) is 4.74 Å². The Hall–Kier alpha value is -1.43. The van der Waals surface area contributed by atoms with E-state index in [1.165, 1.54) is 0 Å². The molecule has 2 aliphatic rings. The molecule has 2 N–H and O–H groups in total. The van der Waals surface area contributed by atoms with Gasteiger partial charge in [-0.1, -0.05) is 0 Å². The van der Waals surface area contributed by atoms with Crippen LogP contribution in [0.3, 0.4) is 0 Å². The van der Waals surface area contributed by atoms with Crippen molar-refractivity contribution in [2.45, 2.75) is 38.1 Å². The van der Waals surface area contributed by atoms with E-state index < -0.39 is 12.0 Å². The van der Waals surface area contributed by atoms with Crippen LogP contribution in [0.5, 0.6) is 0 Å². The molecule has 0 aromatic heterocycles. The lowest BCUT2D eigenvalue weighted by Crippen LogP contribution is -2.49. The minimum absolute atomic E-state index is 0.0842. The van der Waals surface area contributed by atoms with Gasteiger partial charge in [0.1, 0.15) is 11.8 Å². The first-order valence-corrected chi connectivity index (χ1v) is 6.70. The van der Waals surface area contributed by atoms with Crippen LogP contribution in [0.1, 0.15) is 32.1 Å². The number of carbonyl (C=O) groups excluding carboxylic acids is 2. The number of carboxylic acids is 1. The molecule has 0 unspecified atom stereocenters. The van der Waals surface area contributed by atoms with E-state index in [0.29, 0.717) is 38.9 Å². The summed E-state index contributed by atoms with van der Waals surface area (Å²) < 4.78 is 5.12. The molecule has 1 aliphatic carbocycles. The number of ketones is 1. The van der Waals surface area contributed by atoms with E-state index in [1.54, 1.807) is 0 Å². The van der Waals surface area contributed by atoms with Gasteiger partial charge in [-0.25, -0.2) is 4.79 Å². The highest BCUT2D eigenvalue weighted by Gasteiger charge is 2.35. The molecule has 1 aliphatic heterocycles. The van der Waals surface area contributed by atoms with Gasteiger partial charge in [-0.15, -0.1) is 0 Å². The normalized spacial score (nSPS) is 28.9. The molecule has 1 saturated heterocycles. The number of Topliss-reactive ketones (excluding diaryl/α,β-unsaturated/α-hetero) is 1. The van der Waals surface area contributed by atoms with E-state index in [9.17, 15) is 19.5 Å². The monoisotopic (exact) mass is 269 g/mol. The predicted octanol–water partition coefficient (Wildman–Crippen LogP) is 0.352. The van der Waals surface area contributed by atoms with Gasteiger partial charge in [0.15, 0.2) is 0 Å². The zero-order chi connectivity index (χ0) is 13.8. The number of nitrogens with one attached hydrogen (secondary N) is 1. The lowest BCUT2D eigenvalue weighted by Gasteiger charge is -2.28. The number of ether oxygens (including phenoxy) is 1. The largest absolute Gasteiger partial charge is 0.480 e. The minimum atomic E-state index is -1.06. The Morgan fingerprint density at radius 1 is 1.37 bits per heavy atom. The summed E-state index contributed by atoms with van der Waals surface area (Å²) in [7, 11) is 0. The molecule has 0 spiro atoms. The number of carboxylic acid groups (broad SMARTS) is 1. The van der Waals surface area contributed by atoms with Crippen molar-refractivity contribution < 1.29 is 24.2 Å². The molecule has 0 aromatic rings. The molecular weight excluding hydrogens is 250 g/mol. The number of hydrogen-bond acceptors (Lipinski definition) is 4. The van der Waals surface area contributed by atoms with Gasteiger partial charge in [-0.05, 0) is 25.2 Å². The van der Waals surface area contributed by atoms with Gasteiger partial charge in [0.2, 0.25) is 5.91 Å². The first-order valence-electron chi connectivity index (χ1n) is 6.70. The molecular formula is C13H19NO5. The zero-order valence-corrected chi connectivity index (χ0v) is 10.8. The summed E-state index contributed by atoms with van der Waals surface area (Å²) >= 11 is 0. The molecule has 0 bridgehead atoms. The summed E-state index contributed by atoms with van der Waals surface area (Å²) in [5.41, 5.74) is 0. The topological polar surface area (TPSA) is 92.7 Å². The number of carbonyl (C=O) groups is 3. The highest BCUT2D eigenvalue weighted by molar-refractivity contribution is 5.86. The number of hydrogen-bond donors (Lipinski definition) is 2. The zero-order valence-electron chi connectivity index (χ0n) is 10.8. The van der Waals surface area contributed by atoms with Gasteiger partial charge < -0.3 is 15.2 Å². The Kier molecular flexibility index (Phi) is 4.52. The molecule has 0 radical (unpaired) electrons. The maximum atomic E-state index is 11.9. The van der Waals surface area contributed by atoms with Crippen molar-refractivity contribution in [1.82, 2.24) is 5.32 Å². The van der Waals surface area contributed by atoms with Gasteiger partial charge in [0.05, 0.1) is 12.5 Å². The summed E-state index contributed by atoms with van der Waals surface area (Å²) in [6.07, 6.45) is 2.77. The molecule has 2 fully saturated rings. The Morgan fingerprint density at radius 3 is 2.74 bits per heavy atom. The summed E-state index contributed by atoms with van der Waals surface area (Å²) in [5, 5.41) is 11.8. The fourth-order valence-corrected chi connectivity index (χ4v) is 2.74. The molecule has 19 heavy (non-hydrogen) atoms. The maximum absolute atomic E-state index is 11.9. The van der Waals surface area contributed by atoms with Crippen LogP contribution < -0.4 is 5.32 Å². The van der Waals surface area contributed by atoms with Crippen LogP contribution >= 0.6 is 0 Å². The first-order chi connectivity index (χ1) is 9.08. The van der Waals surface area contributed by atoms with Crippen molar-refractivity contribution in [3.63, 3.8) is 0 Å². The van der Waals surface area contributed by atoms with Crippen LogP contribution in [0.25, 0.3) is 0 Å². The minimum Gasteiger partial charge on any atom is -0.480 e. The second-order valence-electron chi connectivity index (χ2n) is 5.28. The lowest BCUT2D eigenvalue weighted by atomic mass is 9.83. The third-order valence-electron chi connectivity index (χ3n) is 3.86. The Bertz CT molecular complexity index is 375. The maximum Gasteiger partial charge on any atom is 0.326 e. The van der Waals surface area contributed by atoms with Gasteiger partial charge in [0, 0.05) is 19.4 Å².